The van der Waals surface area contributed by atoms with E-state index in [1.807, 2.05) is 12.1 Å². The number of likely N-dealkylation sites (N-methyl/N-ethyl adjacent to an activating group) is 1. The molecule has 1 heterocycles. The summed E-state index contributed by atoms with van der Waals surface area (Å²) in [5.41, 5.74) is 2.69. The smallest absolute Gasteiger partial charge is 0.0595 e. The number of hydrogen-bond acceptors (Lipinski definition) is 2. The number of hydrogen-bond donors (Lipinski definition) is 0. The summed E-state index contributed by atoms with van der Waals surface area (Å²) in [7, 11) is 2.17. The lowest BCUT2D eigenvalue weighted by molar-refractivity contribution is 0.162. The maximum Gasteiger partial charge on any atom is 0.0595 e. The number of rotatable bonds is 7. The first-order chi connectivity index (χ1) is 12.6. The fourth-order valence-electron chi connectivity index (χ4n) is 3.70. The summed E-state index contributed by atoms with van der Waals surface area (Å²) in [4.78, 5) is 4.96. The highest BCUT2D eigenvalue weighted by Crippen LogP contribution is 2.23. The molecule has 1 saturated heterocycles. The van der Waals surface area contributed by atoms with Crippen LogP contribution >= 0.6 is 23.2 Å². The molecule has 1 fully saturated rings. The monoisotopic (exact) mass is 390 g/mol. The lowest BCUT2D eigenvalue weighted by atomic mass is 9.90. The number of benzene rings is 2. The Morgan fingerprint density at radius 3 is 2.38 bits per heavy atom. The second-order valence-electron chi connectivity index (χ2n) is 7.46. The van der Waals surface area contributed by atoms with Crippen molar-refractivity contribution in [2.75, 3.05) is 33.2 Å². The number of halogens is 2. The zero-order valence-electron chi connectivity index (χ0n) is 15.5. The molecule has 0 aromatic heterocycles. The molecule has 1 aliphatic rings. The predicted octanol–water partition coefficient (Wildman–Crippen LogP) is 5.38. The molecule has 0 amide bonds. The van der Waals surface area contributed by atoms with E-state index in [0.717, 1.165) is 25.6 Å². The lowest BCUT2D eigenvalue weighted by Crippen LogP contribution is -2.39. The third-order valence-corrected chi connectivity index (χ3v) is 6.05. The van der Waals surface area contributed by atoms with E-state index in [4.69, 9.17) is 23.2 Å². The molecule has 0 spiro atoms. The summed E-state index contributed by atoms with van der Waals surface area (Å²) in [6.45, 7) is 5.55. The lowest BCUT2D eigenvalue weighted by Gasteiger charge is -2.33. The van der Waals surface area contributed by atoms with E-state index in [-0.39, 0.29) is 0 Å². The average Bonchev–Trinajstić information content (AvgIpc) is 2.65. The first-order valence-corrected chi connectivity index (χ1v) is 10.2. The zero-order valence-corrected chi connectivity index (χ0v) is 17.0. The topological polar surface area (TPSA) is 6.48 Å². The van der Waals surface area contributed by atoms with Crippen molar-refractivity contribution in [1.82, 2.24) is 9.80 Å². The molecule has 3 rings (SSSR count). The van der Waals surface area contributed by atoms with Crippen LogP contribution in [-0.2, 0) is 13.0 Å². The molecular formula is C22H28Cl2N2. The maximum atomic E-state index is 6.11. The maximum absolute atomic E-state index is 6.11. The largest absolute Gasteiger partial charge is 0.302 e. The van der Waals surface area contributed by atoms with Crippen LogP contribution in [0.4, 0.5) is 0 Å². The highest BCUT2D eigenvalue weighted by atomic mass is 35.5. The van der Waals surface area contributed by atoms with Crippen LogP contribution in [0.1, 0.15) is 24.0 Å². The van der Waals surface area contributed by atoms with Gasteiger partial charge in [-0.3, -0.25) is 0 Å². The minimum Gasteiger partial charge on any atom is -0.302 e. The average molecular weight is 391 g/mol. The molecular weight excluding hydrogens is 363 g/mol. The molecule has 2 aromatic rings. The van der Waals surface area contributed by atoms with Crippen molar-refractivity contribution in [3.05, 3.63) is 69.7 Å². The minimum atomic E-state index is 0.622. The third kappa shape index (κ3) is 5.99. The summed E-state index contributed by atoms with van der Waals surface area (Å²) in [5, 5.41) is 1.26. The Morgan fingerprint density at radius 1 is 0.962 bits per heavy atom. The number of nitrogens with zero attached hydrogens (tertiary/aromatic N) is 2. The van der Waals surface area contributed by atoms with E-state index in [9.17, 15) is 0 Å². The van der Waals surface area contributed by atoms with Gasteiger partial charge in [0.15, 0.2) is 0 Å². The zero-order chi connectivity index (χ0) is 18.4. The molecule has 0 atom stereocenters. The minimum absolute atomic E-state index is 0.622. The molecule has 4 heteroatoms. The van der Waals surface area contributed by atoms with E-state index >= 15 is 0 Å². The molecule has 2 nitrogen and oxygen atoms in total. The van der Waals surface area contributed by atoms with Gasteiger partial charge >= 0.3 is 0 Å². The first kappa shape index (κ1) is 19.7. The summed E-state index contributed by atoms with van der Waals surface area (Å²) in [6.07, 6.45) is 3.85. The molecule has 0 bridgehead atoms. The van der Waals surface area contributed by atoms with Gasteiger partial charge in [0.2, 0.25) is 0 Å². The Kier molecular flexibility index (Phi) is 7.39. The predicted molar refractivity (Wildman–Crippen MR) is 112 cm³/mol. The van der Waals surface area contributed by atoms with Crippen molar-refractivity contribution in [2.24, 2.45) is 5.92 Å². The van der Waals surface area contributed by atoms with Crippen LogP contribution in [0.25, 0.3) is 0 Å². The van der Waals surface area contributed by atoms with E-state index in [2.05, 4.69) is 53.2 Å². The second kappa shape index (κ2) is 9.75. The summed E-state index contributed by atoms with van der Waals surface area (Å²) < 4.78 is 0. The molecule has 0 saturated carbocycles. The van der Waals surface area contributed by atoms with Gasteiger partial charge in [-0.2, -0.15) is 0 Å². The number of likely N-dealkylation sites (tertiary alicyclic amines) is 1. The van der Waals surface area contributed by atoms with Gasteiger partial charge in [-0.15, -0.1) is 0 Å². The Labute approximate surface area is 167 Å². The Morgan fingerprint density at radius 2 is 1.69 bits per heavy atom. The van der Waals surface area contributed by atoms with Crippen LogP contribution in [0, 0.1) is 5.92 Å². The van der Waals surface area contributed by atoms with Gasteiger partial charge < -0.3 is 9.80 Å². The van der Waals surface area contributed by atoms with Crippen LogP contribution in [0.15, 0.2) is 48.5 Å². The molecule has 26 heavy (non-hydrogen) atoms. The highest BCUT2D eigenvalue weighted by molar-refractivity contribution is 6.42. The summed E-state index contributed by atoms with van der Waals surface area (Å²) >= 11 is 12.1. The van der Waals surface area contributed by atoms with Crippen LogP contribution in [0.2, 0.25) is 10.0 Å². The van der Waals surface area contributed by atoms with Gasteiger partial charge in [-0.25, -0.2) is 0 Å². The standard InChI is InChI=1S/C22H28Cl2N2/c1-25(17-20-7-8-21(23)22(24)16-20)13-14-26-11-9-19(10-12-26)15-18-5-3-2-4-6-18/h2-8,16,19H,9-15,17H2,1H3. The van der Waals surface area contributed by atoms with Crippen LogP contribution in [0.5, 0.6) is 0 Å². The van der Waals surface area contributed by atoms with Gasteiger partial charge in [-0.05, 0) is 68.6 Å². The van der Waals surface area contributed by atoms with Crippen molar-refractivity contribution in [1.29, 1.82) is 0 Å². The van der Waals surface area contributed by atoms with Crippen LogP contribution in [-0.4, -0.2) is 43.0 Å². The normalized spacial score (nSPS) is 16.3. The Bertz CT molecular complexity index is 682. The highest BCUT2D eigenvalue weighted by Gasteiger charge is 2.19. The molecule has 1 aliphatic heterocycles. The van der Waals surface area contributed by atoms with Gasteiger partial charge in [0.1, 0.15) is 0 Å². The van der Waals surface area contributed by atoms with Gasteiger partial charge in [0.05, 0.1) is 10.0 Å². The van der Waals surface area contributed by atoms with Gasteiger partial charge in [0, 0.05) is 19.6 Å². The molecule has 0 aliphatic carbocycles. The van der Waals surface area contributed by atoms with Crippen LogP contribution in [0.3, 0.4) is 0 Å². The summed E-state index contributed by atoms with van der Waals surface area (Å²) in [5.74, 6) is 0.836. The molecule has 140 valence electrons. The van der Waals surface area contributed by atoms with Crippen molar-refractivity contribution in [3.8, 4) is 0 Å². The van der Waals surface area contributed by atoms with Crippen LogP contribution < -0.4 is 0 Å². The fourth-order valence-corrected chi connectivity index (χ4v) is 4.02. The van der Waals surface area contributed by atoms with Gasteiger partial charge in [-0.1, -0.05) is 59.6 Å². The quantitative estimate of drug-likeness (QED) is 0.625. The fraction of sp³-hybridized carbons (Fsp3) is 0.455. The third-order valence-electron chi connectivity index (χ3n) is 5.31. The first-order valence-electron chi connectivity index (χ1n) is 9.49. The van der Waals surface area contributed by atoms with E-state index in [0.29, 0.717) is 10.0 Å². The van der Waals surface area contributed by atoms with Crippen molar-refractivity contribution < 1.29 is 0 Å². The van der Waals surface area contributed by atoms with Gasteiger partial charge in [0.25, 0.3) is 0 Å². The van der Waals surface area contributed by atoms with Crippen molar-refractivity contribution >= 4 is 23.2 Å². The molecule has 2 aromatic carbocycles. The molecule has 0 unspecified atom stereocenters. The summed E-state index contributed by atoms with van der Waals surface area (Å²) in [6, 6.07) is 16.8. The molecule has 0 N–H and O–H groups in total. The van der Waals surface area contributed by atoms with Crippen molar-refractivity contribution in [2.45, 2.75) is 25.8 Å². The SMILES string of the molecule is CN(CCN1CCC(Cc2ccccc2)CC1)Cc1ccc(Cl)c(Cl)c1. The van der Waals surface area contributed by atoms with E-state index in [1.54, 1.807) is 0 Å². The van der Waals surface area contributed by atoms with E-state index < -0.39 is 0 Å². The molecule has 0 radical (unpaired) electrons. The Hall–Kier alpha value is -1.06. The van der Waals surface area contributed by atoms with Crippen molar-refractivity contribution in [3.63, 3.8) is 0 Å². The second-order valence-corrected chi connectivity index (χ2v) is 8.28. The van der Waals surface area contributed by atoms with E-state index in [1.165, 1.54) is 43.5 Å². The Balaban J connectivity index is 1.37. The number of piperidine rings is 1.